The Hall–Kier alpha value is -1.49. The third-order valence-electron chi connectivity index (χ3n) is 6.38. The Morgan fingerprint density at radius 3 is 2.55 bits per heavy atom. The zero-order valence-corrected chi connectivity index (χ0v) is 18.2. The maximum absolute atomic E-state index is 13.1. The summed E-state index contributed by atoms with van der Waals surface area (Å²) in [7, 11) is -1.49. The van der Waals surface area contributed by atoms with Gasteiger partial charge in [0.15, 0.2) is 5.69 Å². The van der Waals surface area contributed by atoms with Crippen LogP contribution in [0.15, 0.2) is 10.6 Å². The monoisotopic (exact) mass is 425 g/mol. The lowest BCUT2D eigenvalue weighted by atomic mass is 9.91. The minimum atomic E-state index is -3.49. The van der Waals surface area contributed by atoms with Gasteiger partial charge in [0.05, 0.1) is 0 Å². The van der Waals surface area contributed by atoms with Crippen LogP contribution < -0.4 is 5.32 Å². The first-order valence-corrected chi connectivity index (χ1v) is 11.9. The van der Waals surface area contributed by atoms with E-state index in [-0.39, 0.29) is 23.9 Å². The Labute approximate surface area is 172 Å². The van der Waals surface area contributed by atoms with Crippen LogP contribution in [-0.2, 0) is 10.2 Å². The fourth-order valence-corrected chi connectivity index (χ4v) is 6.08. The molecule has 1 aromatic heterocycles. The Balaban J connectivity index is 1.38. The second-order valence-electron chi connectivity index (χ2n) is 8.81. The minimum Gasteiger partial charge on any atom is -0.360 e. The summed E-state index contributed by atoms with van der Waals surface area (Å²) in [5.74, 6) is 0.947. The fourth-order valence-electron chi connectivity index (χ4n) is 4.20. The van der Waals surface area contributed by atoms with Crippen molar-refractivity contribution in [3.63, 3.8) is 0 Å². The molecule has 3 heterocycles. The quantitative estimate of drug-likeness (QED) is 0.752. The first-order chi connectivity index (χ1) is 13.8. The van der Waals surface area contributed by atoms with Crippen LogP contribution in [0, 0.1) is 5.92 Å². The van der Waals surface area contributed by atoms with Crippen molar-refractivity contribution in [3.05, 3.63) is 17.5 Å². The molecule has 0 bridgehead atoms. The van der Waals surface area contributed by atoms with E-state index in [4.69, 9.17) is 4.52 Å². The molecule has 1 N–H and O–H groups in total. The number of piperazine rings is 1. The summed E-state index contributed by atoms with van der Waals surface area (Å²) < 4.78 is 34.8. The smallest absolute Gasteiger partial charge is 0.282 e. The van der Waals surface area contributed by atoms with Gasteiger partial charge in [0, 0.05) is 56.8 Å². The molecule has 1 saturated carbocycles. The van der Waals surface area contributed by atoms with Crippen LogP contribution in [0.3, 0.4) is 0 Å². The second kappa shape index (κ2) is 7.98. The molecule has 29 heavy (non-hydrogen) atoms. The lowest BCUT2D eigenvalue weighted by Crippen LogP contribution is -2.59. The number of aromatic nitrogens is 1. The van der Waals surface area contributed by atoms with Crippen molar-refractivity contribution in [1.29, 1.82) is 0 Å². The van der Waals surface area contributed by atoms with E-state index in [1.807, 2.05) is 20.9 Å². The highest BCUT2D eigenvalue weighted by molar-refractivity contribution is 7.86. The third kappa shape index (κ3) is 4.35. The van der Waals surface area contributed by atoms with Crippen molar-refractivity contribution in [2.75, 3.05) is 39.8 Å². The average molecular weight is 426 g/mol. The zero-order valence-electron chi connectivity index (χ0n) is 17.4. The van der Waals surface area contributed by atoms with Crippen molar-refractivity contribution < 1.29 is 17.7 Å². The van der Waals surface area contributed by atoms with Gasteiger partial charge in [0.25, 0.3) is 16.1 Å². The Kier molecular flexibility index (Phi) is 5.71. The minimum absolute atomic E-state index is 0.00666. The maximum atomic E-state index is 13.1. The van der Waals surface area contributed by atoms with E-state index >= 15 is 0 Å². The molecule has 1 aromatic rings. The number of rotatable bonds is 5. The molecular weight excluding hydrogens is 394 g/mol. The van der Waals surface area contributed by atoms with Crippen molar-refractivity contribution in [2.24, 2.45) is 5.92 Å². The van der Waals surface area contributed by atoms with Gasteiger partial charge in [-0.2, -0.15) is 17.0 Å². The predicted octanol–water partition coefficient (Wildman–Crippen LogP) is 0.873. The number of piperidine rings is 1. The largest absolute Gasteiger partial charge is 0.360 e. The summed E-state index contributed by atoms with van der Waals surface area (Å²) in [5.41, 5.74) is 0.305. The van der Waals surface area contributed by atoms with Gasteiger partial charge in [0.1, 0.15) is 5.76 Å². The molecule has 0 unspecified atom stereocenters. The molecule has 0 radical (unpaired) electrons. The number of likely N-dealkylation sites (N-methyl/N-ethyl adjacent to an activating group) is 1. The molecule has 2 saturated heterocycles. The molecule has 9 nitrogen and oxygen atoms in total. The summed E-state index contributed by atoms with van der Waals surface area (Å²) in [5, 5.41) is 6.95. The van der Waals surface area contributed by atoms with Crippen LogP contribution >= 0.6 is 0 Å². The normalized spacial score (nSPS) is 30.4. The topological polar surface area (TPSA) is 99.0 Å². The third-order valence-corrected chi connectivity index (χ3v) is 8.50. The van der Waals surface area contributed by atoms with E-state index in [9.17, 15) is 13.2 Å². The summed E-state index contributed by atoms with van der Waals surface area (Å²) >= 11 is 0. The van der Waals surface area contributed by atoms with Gasteiger partial charge < -0.3 is 14.7 Å². The molecular formula is C19H31N5O4S. The zero-order chi connectivity index (χ0) is 20.8. The van der Waals surface area contributed by atoms with Crippen LogP contribution in [0.2, 0.25) is 0 Å². The highest BCUT2D eigenvalue weighted by Gasteiger charge is 2.41. The second-order valence-corrected chi connectivity index (χ2v) is 10.7. The summed E-state index contributed by atoms with van der Waals surface area (Å²) in [6, 6.07) is 1.45. The van der Waals surface area contributed by atoms with Gasteiger partial charge >= 0.3 is 0 Å². The van der Waals surface area contributed by atoms with Crippen molar-refractivity contribution >= 4 is 16.1 Å². The number of nitrogens with zero attached hydrogens (tertiary/aromatic N) is 4. The SMILES string of the molecule is C[C@@H]1CN(S(=O)(=O)N2CCN(C)CC2)[C@H](C)C[C@@H]1NC(=O)c1cc(C2CC2)on1. The summed E-state index contributed by atoms with van der Waals surface area (Å²) in [4.78, 5) is 14.7. The van der Waals surface area contributed by atoms with Gasteiger partial charge in [-0.3, -0.25) is 4.79 Å². The lowest BCUT2D eigenvalue weighted by molar-refractivity contribution is 0.0864. The number of amides is 1. The van der Waals surface area contributed by atoms with E-state index in [1.54, 1.807) is 14.7 Å². The Bertz CT molecular complexity index is 845. The van der Waals surface area contributed by atoms with E-state index in [0.717, 1.165) is 31.7 Å². The van der Waals surface area contributed by atoms with E-state index in [1.165, 1.54) is 0 Å². The number of hydrogen-bond acceptors (Lipinski definition) is 6. The molecule has 1 aliphatic carbocycles. The van der Waals surface area contributed by atoms with Crippen LogP contribution in [0.1, 0.15) is 55.3 Å². The predicted molar refractivity (Wildman–Crippen MR) is 108 cm³/mol. The summed E-state index contributed by atoms with van der Waals surface area (Å²) in [6.07, 6.45) is 2.75. The molecule has 3 aliphatic rings. The average Bonchev–Trinajstić information content (AvgIpc) is 3.41. The van der Waals surface area contributed by atoms with Crippen molar-refractivity contribution in [2.45, 2.75) is 51.1 Å². The Morgan fingerprint density at radius 1 is 1.21 bits per heavy atom. The number of carbonyl (C=O) groups is 1. The first kappa shape index (κ1) is 20.8. The molecule has 10 heteroatoms. The molecule has 1 amide bonds. The molecule has 162 valence electrons. The van der Waals surface area contributed by atoms with Gasteiger partial charge in [-0.15, -0.1) is 0 Å². The Morgan fingerprint density at radius 2 is 1.90 bits per heavy atom. The highest BCUT2D eigenvalue weighted by atomic mass is 32.2. The molecule has 0 aromatic carbocycles. The first-order valence-electron chi connectivity index (χ1n) is 10.5. The van der Waals surface area contributed by atoms with Crippen LogP contribution in [0.4, 0.5) is 0 Å². The number of hydrogen-bond donors (Lipinski definition) is 1. The number of nitrogens with one attached hydrogen (secondary N) is 1. The molecule has 0 spiro atoms. The molecule has 3 atom stereocenters. The highest BCUT2D eigenvalue weighted by Crippen LogP contribution is 2.40. The standard InChI is InChI=1S/C19H31N5O4S/c1-13-12-24(29(26,27)23-8-6-22(3)7-9-23)14(2)10-16(13)20-19(25)17-11-18(28-21-17)15-4-5-15/h11,13-16H,4-10,12H2,1-3H3,(H,20,25)/t13-,14-,16+/m1/s1. The van der Waals surface area contributed by atoms with Crippen LogP contribution in [0.5, 0.6) is 0 Å². The lowest BCUT2D eigenvalue weighted by Gasteiger charge is -2.43. The van der Waals surface area contributed by atoms with E-state index in [0.29, 0.717) is 37.7 Å². The fraction of sp³-hybridized carbons (Fsp3) is 0.789. The van der Waals surface area contributed by atoms with Gasteiger partial charge in [0.2, 0.25) is 0 Å². The molecule has 4 rings (SSSR count). The van der Waals surface area contributed by atoms with E-state index in [2.05, 4.69) is 15.4 Å². The summed E-state index contributed by atoms with van der Waals surface area (Å²) in [6.45, 7) is 6.83. The maximum Gasteiger partial charge on any atom is 0.282 e. The molecule has 3 fully saturated rings. The van der Waals surface area contributed by atoms with Gasteiger partial charge in [-0.05, 0) is 39.2 Å². The van der Waals surface area contributed by atoms with E-state index < -0.39 is 10.2 Å². The van der Waals surface area contributed by atoms with Gasteiger partial charge in [-0.1, -0.05) is 12.1 Å². The van der Waals surface area contributed by atoms with Gasteiger partial charge in [-0.25, -0.2) is 0 Å². The number of carbonyl (C=O) groups excluding carboxylic acids is 1. The van der Waals surface area contributed by atoms with Crippen molar-refractivity contribution in [3.8, 4) is 0 Å². The van der Waals surface area contributed by atoms with Crippen molar-refractivity contribution in [1.82, 2.24) is 24.0 Å². The van der Waals surface area contributed by atoms with Crippen LogP contribution in [0.25, 0.3) is 0 Å². The molecule has 2 aliphatic heterocycles. The van der Waals surface area contributed by atoms with Crippen LogP contribution in [-0.4, -0.2) is 84.8 Å².